The number of esters is 1. The van der Waals surface area contributed by atoms with Gasteiger partial charge in [-0.25, -0.2) is 19.4 Å². The molecular weight excluding hydrogens is 362 g/mol. The Balaban J connectivity index is 2.06. The molecule has 0 aliphatic carbocycles. The van der Waals surface area contributed by atoms with Crippen molar-refractivity contribution in [3.63, 3.8) is 0 Å². The molecule has 2 amide bonds. The number of hydrogen-bond donors (Lipinski definition) is 1. The highest BCUT2D eigenvalue weighted by Crippen LogP contribution is 2.31. The minimum absolute atomic E-state index is 0.00342. The first kappa shape index (κ1) is 17.1. The van der Waals surface area contributed by atoms with Crippen LogP contribution in [0.3, 0.4) is 0 Å². The van der Waals surface area contributed by atoms with Gasteiger partial charge in [0.25, 0.3) is 0 Å². The zero-order chi connectivity index (χ0) is 18.1. The van der Waals surface area contributed by atoms with Gasteiger partial charge in [0.1, 0.15) is 0 Å². The predicted octanol–water partition coefficient (Wildman–Crippen LogP) is 3.88. The summed E-state index contributed by atoms with van der Waals surface area (Å²) in [4.78, 5) is 27.2. The summed E-state index contributed by atoms with van der Waals surface area (Å²) in [5, 5.41) is 8.72. The fourth-order valence-corrected chi connectivity index (χ4v) is 2.87. The second-order valence-electron chi connectivity index (χ2n) is 5.09. The summed E-state index contributed by atoms with van der Waals surface area (Å²) in [5.74, 6) is -0.746. The molecule has 0 bridgehead atoms. The van der Waals surface area contributed by atoms with Crippen molar-refractivity contribution in [2.24, 2.45) is 0 Å². The van der Waals surface area contributed by atoms with Crippen LogP contribution in [0.1, 0.15) is 10.4 Å². The highest BCUT2D eigenvalue weighted by Gasteiger charge is 2.41. The molecule has 1 aliphatic rings. The molecule has 0 saturated carbocycles. The van der Waals surface area contributed by atoms with Gasteiger partial charge in [-0.2, -0.15) is 0 Å². The number of amidine groups is 1. The van der Waals surface area contributed by atoms with Crippen molar-refractivity contribution in [1.29, 1.82) is 5.41 Å². The average molecular weight is 374 g/mol. The third-order valence-electron chi connectivity index (χ3n) is 3.65. The molecule has 0 radical (unpaired) electrons. The number of rotatable bonds is 3. The normalized spacial score (nSPS) is 14.2. The molecule has 126 valence electrons. The number of ether oxygens (including phenoxy) is 1. The van der Waals surface area contributed by atoms with Gasteiger partial charge in [0, 0.05) is 5.02 Å². The van der Waals surface area contributed by atoms with Crippen LogP contribution >= 0.6 is 23.8 Å². The summed E-state index contributed by atoms with van der Waals surface area (Å²) in [6.07, 6.45) is 0. The van der Waals surface area contributed by atoms with Crippen molar-refractivity contribution in [2.45, 2.75) is 0 Å². The lowest BCUT2D eigenvalue weighted by Gasteiger charge is -2.19. The molecule has 0 unspecified atom stereocenters. The van der Waals surface area contributed by atoms with E-state index in [1.807, 2.05) is 0 Å². The predicted molar refractivity (Wildman–Crippen MR) is 99.9 cm³/mol. The van der Waals surface area contributed by atoms with Gasteiger partial charge in [-0.05, 0) is 36.4 Å². The lowest BCUT2D eigenvalue weighted by molar-refractivity contribution is 0.0601. The Labute approximate surface area is 154 Å². The third-order valence-corrected chi connectivity index (χ3v) is 4.27. The number of nitrogens with zero attached hydrogens (tertiary/aromatic N) is 2. The van der Waals surface area contributed by atoms with E-state index in [1.165, 1.54) is 13.2 Å². The van der Waals surface area contributed by atoms with Crippen molar-refractivity contribution in [1.82, 2.24) is 0 Å². The van der Waals surface area contributed by atoms with Gasteiger partial charge >= 0.3 is 12.0 Å². The molecule has 2 aromatic carbocycles. The van der Waals surface area contributed by atoms with Gasteiger partial charge in [0.05, 0.1) is 24.0 Å². The Morgan fingerprint density at radius 1 is 1.12 bits per heavy atom. The number of urea groups is 1. The number of nitrogens with one attached hydrogen (secondary N) is 1. The Bertz CT molecular complexity index is 898. The molecular formula is C17H12ClN3O3S. The molecule has 8 heteroatoms. The molecule has 1 heterocycles. The molecule has 25 heavy (non-hydrogen) atoms. The van der Waals surface area contributed by atoms with Crippen LogP contribution in [0.15, 0.2) is 48.5 Å². The fourth-order valence-electron chi connectivity index (χ4n) is 2.48. The number of methoxy groups -OCH3 is 1. The number of thiocarbonyl (C=S) groups is 1. The van der Waals surface area contributed by atoms with E-state index in [1.54, 1.807) is 42.5 Å². The molecule has 2 aromatic rings. The minimum Gasteiger partial charge on any atom is -0.465 e. The first-order valence-electron chi connectivity index (χ1n) is 7.15. The monoisotopic (exact) mass is 373 g/mol. The number of anilines is 2. The fraction of sp³-hybridized carbons (Fsp3) is 0.0588. The largest absolute Gasteiger partial charge is 0.465 e. The van der Waals surface area contributed by atoms with Crippen LogP contribution in [0.2, 0.25) is 5.02 Å². The van der Waals surface area contributed by atoms with Crippen LogP contribution in [0.5, 0.6) is 0 Å². The minimum atomic E-state index is -0.595. The Hall–Kier alpha value is -2.77. The maximum Gasteiger partial charge on any atom is 0.340 e. The first-order valence-corrected chi connectivity index (χ1v) is 7.94. The van der Waals surface area contributed by atoms with Gasteiger partial charge < -0.3 is 4.74 Å². The first-order chi connectivity index (χ1) is 12.0. The molecule has 0 aromatic heterocycles. The van der Waals surface area contributed by atoms with Crippen LogP contribution in [-0.2, 0) is 4.74 Å². The van der Waals surface area contributed by atoms with Gasteiger partial charge in [-0.15, -0.1) is 0 Å². The molecule has 1 saturated heterocycles. The number of para-hydroxylation sites is 1. The summed E-state index contributed by atoms with van der Waals surface area (Å²) in [6, 6.07) is 12.4. The lowest BCUT2D eigenvalue weighted by atomic mass is 10.1. The summed E-state index contributed by atoms with van der Waals surface area (Å²) in [7, 11) is 1.26. The van der Waals surface area contributed by atoms with Gasteiger partial charge in [0.15, 0.2) is 10.8 Å². The standard InChI is InChI=1S/C17H12ClN3O3S/c1-24-16(22)12-4-2-3-5-13(12)21-15(25)14(19)20(17(21)23)11-8-6-10(18)7-9-11/h2-9,19H,1H3. The number of amides is 2. The second-order valence-corrected chi connectivity index (χ2v) is 5.92. The molecule has 1 fully saturated rings. The van der Waals surface area contributed by atoms with Crippen LogP contribution in [0.4, 0.5) is 16.2 Å². The Morgan fingerprint density at radius 3 is 2.40 bits per heavy atom. The van der Waals surface area contributed by atoms with E-state index in [0.29, 0.717) is 10.7 Å². The zero-order valence-electron chi connectivity index (χ0n) is 13.0. The van der Waals surface area contributed by atoms with E-state index in [9.17, 15) is 9.59 Å². The van der Waals surface area contributed by atoms with Crippen molar-refractivity contribution >= 4 is 58.0 Å². The molecule has 6 nitrogen and oxygen atoms in total. The number of hydrogen-bond acceptors (Lipinski definition) is 5. The van der Waals surface area contributed by atoms with Gasteiger partial charge in [0.2, 0.25) is 0 Å². The van der Waals surface area contributed by atoms with Crippen molar-refractivity contribution in [3.05, 3.63) is 59.1 Å². The van der Waals surface area contributed by atoms with Crippen LogP contribution < -0.4 is 9.80 Å². The smallest absolute Gasteiger partial charge is 0.340 e. The topological polar surface area (TPSA) is 73.7 Å². The van der Waals surface area contributed by atoms with Crippen molar-refractivity contribution < 1.29 is 14.3 Å². The van der Waals surface area contributed by atoms with E-state index in [0.717, 1.165) is 9.80 Å². The van der Waals surface area contributed by atoms with Gasteiger partial charge in [-0.1, -0.05) is 36.0 Å². The van der Waals surface area contributed by atoms with E-state index >= 15 is 0 Å². The molecule has 3 rings (SSSR count). The second kappa shape index (κ2) is 6.62. The maximum atomic E-state index is 12.9. The number of carbonyl (C=O) groups excluding carboxylic acids is 2. The van der Waals surface area contributed by atoms with E-state index in [2.05, 4.69) is 0 Å². The molecule has 1 N–H and O–H groups in total. The van der Waals surface area contributed by atoms with Crippen LogP contribution in [0.25, 0.3) is 0 Å². The molecule has 0 spiro atoms. The molecule has 1 aliphatic heterocycles. The molecule has 0 atom stereocenters. The van der Waals surface area contributed by atoms with Gasteiger partial charge in [-0.3, -0.25) is 5.41 Å². The number of benzene rings is 2. The van der Waals surface area contributed by atoms with E-state index in [-0.39, 0.29) is 22.1 Å². The Kier molecular flexibility index (Phi) is 4.52. The third kappa shape index (κ3) is 2.88. The Morgan fingerprint density at radius 2 is 1.76 bits per heavy atom. The highest BCUT2D eigenvalue weighted by atomic mass is 35.5. The number of halogens is 1. The van der Waals surface area contributed by atoms with E-state index in [4.69, 9.17) is 34.0 Å². The van der Waals surface area contributed by atoms with Crippen LogP contribution in [-0.4, -0.2) is 29.9 Å². The van der Waals surface area contributed by atoms with Crippen molar-refractivity contribution in [2.75, 3.05) is 16.9 Å². The zero-order valence-corrected chi connectivity index (χ0v) is 14.6. The maximum absolute atomic E-state index is 12.9. The summed E-state index contributed by atoms with van der Waals surface area (Å²) in [6.45, 7) is 0. The van der Waals surface area contributed by atoms with Crippen molar-refractivity contribution in [3.8, 4) is 0 Å². The summed E-state index contributed by atoms with van der Waals surface area (Å²) < 4.78 is 4.76. The summed E-state index contributed by atoms with van der Waals surface area (Å²) in [5.41, 5.74) is 0.914. The van der Waals surface area contributed by atoms with Crippen LogP contribution in [0, 0.1) is 5.41 Å². The average Bonchev–Trinajstić information content (AvgIpc) is 2.84. The highest BCUT2D eigenvalue weighted by molar-refractivity contribution is 7.82. The lowest BCUT2D eigenvalue weighted by Crippen LogP contribution is -2.34. The SMILES string of the molecule is COC(=O)c1ccccc1N1C(=O)N(c2ccc(Cl)cc2)C(=N)C1=S. The summed E-state index contributed by atoms with van der Waals surface area (Å²) >= 11 is 11.1. The van der Waals surface area contributed by atoms with E-state index < -0.39 is 12.0 Å². The number of carbonyl (C=O) groups is 2. The quantitative estimate of drug-likeness (QED) is 0.654.